The minimum atomic E-state index is -3.46. The first-order chi connectivity index (χ1) is 10.8. The number of benzene rings is 1. The Morgan fingerprint density at radius 1 is 1.43 bits per heavy atom. The lowest BCUT2D eigenvalue weighted by Crippen LogP contribution is -2.51. The maximum absolute atomic E-state index is 13.1. The first kappa shape index (κ1) is 17.2. The Hall–Kier alpha value is -2.16. The standard InChI is InChI=1S/C14H14F4N2O3/c1-2-23-9-5-3-4-8(6-9)12(21)20-14(22,13(17)18)7-10(19-20)11(15)16/h3-6,11,13,22H,2,7H2,1H3. The molecule has 0 aromatic heterocycles. The van der Waals surface area contributed by atoms with Crippen molar-refractivity contribution in [2.45, 2.75) is 31.9 Å². The van der Waals surface area contributed by atoms with Gasteiger partial charge in [0.1, 0.15) is 11.5 Å². The molecule has 1 heterocycles. The summed E-state index contributed by atoms with van der Waals surface area (Å²) >= 11 is 0. The fourth-order valence-corrected chi connectivity index (χ4v) is 2.11. The quantitative estimate of drug-likeness (QED) is 0.842. The molecule has 1 aliphatic heterocycles. The van der Waals surface area contributed by atoms with E-state index in [-0.39, 0.29) is 10.6 Å². The van der Waals surface area contributed by atoms with E-state index in [9.17, 15) is 27.5 Å². The van der Waals surface area contributed by atoms with Crippen LogP contribution in [0.1, 0.15) is 23.7 Å². The summed E-state index contributed by atoms with van der Waals surface area (Å²) in [6, 6.07) is 5.52. The van der Waals surface area contributed by atoms with Crippen LogP contribution in [0.25, 0.3) is 0 Å². The maximum atomic E-state index is 13.1. The fraction of sp³-hybridized carbons (Fsp3) is 0.429. The van der Waals surface area contributed by atoms with Gasteiger partial charge in [-0.05, 0) is 25.1 Å². The summed E-state index contributed by atoms with van der Waals surface area (Å²) in [6.07, 6.45) is -7.71. The predicted molar refractivity (Wildman–Crippen MR) is 72.8 cm³/mol. The minimum absolute atomic E-state index is 0.0181. The van der Waals surface area contributed by atoms with Crippen LogP contribution in [0.3, 0.4) is 0 Å². The van der Waals surface area contributed by atoms with Gasteiger partial charge in [-0.25, -0.2) is 17.6 Å². The van der Waals surface area contributed by atoms with Gasteiger partial charge in [0.2, 0.25) is 5.72 Å². The van der Waals surface area contributed by atoms with E-state index < -0.39 is 36.6 Å². The molecule has 0 aliphatic carbocycles. The summed E-state index contributed by atoms with van der Waals surface area (Å²) in [7, 11) is 0. The highest BCUT2D eigenvalue weighted by atomic mass is 19.3. The Kier molecular flexibility index (Phi) is 4.88. The highest BCUT2D eigenvalue weighted by molar-refractivity contribution is 5.99. The maximum Gasteiger partial charge on any atom is 0.287 e. The van der Waals surface area contributed by atoms with Crippen LogP contribution in [0.2, 0.25) is 0 Å². The van der Waals surface area contributed by atoms with E-state index in [1.165, 1.54) is 24.3 Å². The Morgan fingerprint density at radius 3 is 2.70 bits per heavy atom. The van der Waals surface area contributed by atoms with Crippen LogP contribution in [0.4, 0.5) is 17.6 Å². The fourth-order valence-electron chi connectivity index (χ4n) is 2.11. The molecule has 1 N–H and O–H groups in total. The van der Waals surface area contributed by atoms with Crippen molar-refractivity contribution in [1.29, 1.82) is 0 Å². The molecule has 0 fully saturated rings. The number of hydrogen-bond acceptors (Lipinski definition) is 4. The number of ether oxygens (including phenoxy) is 1. The van der Waals surface area contributed by atoms with Crippen LogP contribution < -0.4 is 4.74 Å². The van der Waals surface area contributed by atoms with Gasteiger partial charge in [0.25, 0.3) is 18.8 Å². The number of carbonyl (C=O) groups is 1. The van der Waals surface area contributed by atoms with Crippen molar-refractivity contribution in [2.24, 2.45) is 5.10 Å². The molecule has 126 valence electrons. The molecule has 0 spiro atoms. The average Bonchev–Trinajstić information content (AvgIpc) is 2.87. The Bertz CT molecular complexity index is 624. The van der Waals surface area contributed by atoms with Crippen LogP contribution in [0.5, 0.6) is 5.75 Å². The van der Waals surface area contributed by atoms with E-state index in [0.717, 1.165) is 0 Å². The number of hydrazone groups is 1. The first-order valence-corrected chi connectivity index (χ1v) is 6.73. The molecular weight excluding hydrogens is 320 g/mol. The van der Waals surface area contributed by atoms with Gasteiger partial charge in [0, 0.05) is 12.0 Å². The summed E-state index contributed by atoms with van der Waals surface area (Å²) < 4.78 is 56.8. The summed E-state index contributed by atoms with van der Waals surface area (Å²) in [6.45, 7) is 2.03. The number of rotatable bonds is 5. The van der Waals surface area contributed by atoms with Gasteiger partial charge in [-0.1, -0.05) is 6.07 Å². The SMILES string of the molecule is CCOc1cccc(C(=O)N2N=C(C(F)F)CC2(O)C(F)F)c1. The third-order valence-corrected chi connectivity index (χ3v) is 3.22. The molecule has 0 saturated heterocycles. The van der Waals surface area contributed by atoms with Gasteiger partial charge in [0.15, 0.2) is 0 Å². The molecular formula is C14H14F4N2O3. The monoisotopic (exact) mass is 334 g/mol. The topological polar surface area (TPSA) is 62.1 Å². The smallest absolute Gasteiger partial charge is 0.287 e. The average molecular weight is 334 g/mol. The van der Waals surface area contributed by atoms with Gasteiger partial charge < -0.3 is 9.84 Å². The van der Waals surface area contributed by atoms with Crippen molar-refractivity contribution >= 4 is 11.6 Å². The summed E-state index contributed by atoms with van der Waals surface area (Å²) in [5, 5.41) is 13.1. The molecule has 1 amide bonds. The molecule has 1 unspecified atom stereocenters. The highest BCUT2D eigenvalue weighted by Crippen LogP contribution is 2.34. The Labute approximate surface area is 129 Å². The van der Waals surface area contributed by atoms with Gasteiger partial charge >= 0.3 is 0 Å². The number of halogens is 4. The number of aliphatic hydroxyl groups is 1. The van der Waals surface area contributed by atoms with Crippen molar-refractivity contribution < 1.29 is 32.2 Å². The largest absolute Gasteiger partial charge is 0.494 e. The second kappa shape index (κ2) is 6.53. The lowest BCUT2D eigenvalue weighted by atomic mass is 10.1. The molecule has 0 bridgehead atoms. The number of carbonyl (C=O) groups excluding carboxylic acids is 1. The van der Waals surface area contributed by atoms with Crippen molar-refractivity contribution in [1.82, 2.24) is 5.01 Å². The van der Waals surface area contributed by atoms with Gasteiger partial charge in [-0.3, -0.25) is 4.79 Å². The molecule has 2 rings (SSSR count). The first-order valence-electron chi connectivity index (χ1n) is 6.73. The lowest BCUT2D eigenvalue weighted by molar-refractivity contribution is -0.164. The van der Waals surface area contributed by atoms with E-state index in [1.54, 1.807) is 6.92 Å². The van der Waals surface area contributed by atoms with Gasteiger partial charge in [-0.15, -0.1) is 0 Å². The van der Waals surface area contributed by atoms with Crippen molar-refractivity contribution in [2.75, 3.05) is 6.61 Å². The molecule has 5 nitrogen and oxygen atoms in total. The zero-order valence-electron chi connectivity index (χ0n) is 12.0. The second-order valence-corrected chi connectivity index (χ2v) is 4.83. The zero-order chi connectivity index (χ0) is 17.2. The molecule has 1 aliphatic rings. The summed E-state index contributed by atoms with van der Waals surface area (Å²) in [5.41, 5.74) is -4.18. The molecule has 1 atom stereocenters. The van der Waals surface area contributed by atoms with E-state index in [0.29, 0.717) is 12.4 Å². The third kappa shape index (κ3) is 3.29. The molecule has 0 radical (unpaired) electrons. The van der Waals surface area contributed by atoms with Crippen LogP contribution in [0, 0.1) is 0 Å². The van der Waals surface area contributed by atoms with Crippen LogP contribution in [0.15, 0.2) is 29.4 Å². The van der Waals surface area contributed by atoms with Crippen molar-refractivity contribution in [3.63, 3.8) is 0 Å². The zero-order valence-corrected chi connectivity index (χ0v) is 12.0. The van der Waals surface area contributed by atoms with E-state index in [2.05, 4.69) is 5.10 Å². The van der Waals surface area contributed by atoms with E-state index in [1.807, 2.05) is 0 Å². The van der Waals surface area contributed by atoms with Gasteiger partial charge in [-0.2, -0.15) is 10.1 Å². The van der Waals surface area contributed by atoms with Crippen molar-refractivity contribution in [3.8, 4) is 5.75 Å². The molecule has 9 heteroatoms. The Balaban J connectivity index is 2.36. The summed E-state index contributed by atoms with van der Waals surface area (Å²) in [5.74, 6) is -0.818. The number of hydrogen-bond donors (Lipinski definition) is 1. The molecule has 1 aromatic carbocycles. The normalized spacial score (nSPS) is 21.0. The highest BCUT2D eigenvalue weighted by Gasteiger charge is 2.53. The predicted octanol–water partition coefficient (Wildman–Crippen LogP) is 2.51. The Morgan fingerprint density at radius 2 is 2.13 bits per heavy atom. The van der Waals surface area contributed by atoms with Crippen molar-refractivity contribution in [3.05, 3.63) is 29.8 Å². The van der Waals surface area contributed by atoms with Crippen LogP contribution in [-0.4, -0.2) is 46.9 Å². The lowest BCUT2D eigenvalue weighted by Gasteiger charge is -2.30. The van der Waals surface area contributed by atoms with Gasteiger partial charge in [0.05, 0.1) is 6.61 Å². The molecule has 1 aromatic rings. The van der Waals surface area contributed by atoms with Crippen LogP contribution in [-0.2, 0) is 0 Å². The number of alkyl halides is 4. The molecule has 0 saturated carbocycles. The number of nitrogens with zero attached hydrogens (tertiary/aromatic N) is 2. The summed E-state index contributed by atoms with van der Waals surface area (Å²) in [4.78, 5) is 12.3. The number of amides is 1. The minimum Gasteiger partial charge on any atom is -0.494 e. The second-order valence-electron chi connectivity index (χ2n) is 4.83. The van der Waals surface area contributed by atoms with E-state index in [4.69, 9.17) is 4.74 Å². The molecule has 23 heavy (non-hydrogen) atoms. The van der Waals surface area contributed by atoms with Crippen LogP contribution >= 0.6 is 0 Å². The third-order valence-electron chi connectivity index (χ3n) is 3.22. The van der Waals surface area contributed by atoms with E-state index >= 15 is 0 Å².